The van der Waals surface area contributed by atoms with Gasteiger partial charge >= 0.3 is 5.97 Å². The Bertz CT molecular complexity index is 369. The van der Waals surface area contributed by atoms with Gasteiger partial charge in [0.25, 0.3) is 0 Å². The molecule has 6 heteroatoms. The summed E-state index contributed by atoms with van der Waals surface area (Å²) in [5.74, 6) is -0.627. The van der Waals surface area contributed by atoms with E-state index in [0.29, 0.717) is 5.02 Å². The molecule has 0 bridgehead atoms. The molecule has 0 aliphatic rings. The zero-order valence-corrected chi connectivity index (χ0v) is 10.1. The van der Waals surface area contributed by atoms with E-state index in [0.717, 1.165) is 16.7 Å². The van der Waals surface area contributed by atoms with Gasteiger partial charge in [-0.25, -0.2) is 4.79 Å². The van der Waals surface area contributed by atoms with Crippen molar-refractivity contribution in [2.75, 3.05) is 6.61 Å². The van der Waals surface area contributed by atoms with Crippen molar-refractivity contribution in [2.45, 2.75) is 17.2 Å². The SMILES string of the molecule is CCOC(=O)C(N=O)Sc1ccc(Cl)cc1. The van der Waals surface area contributed by atoms with Crippen LogP contribution in [0.2, 0.25) is 5.02 Å². The highest BCUT2D eigenvalue weighted by Gasteiger charge is 2.21. The minimum absolute atomic E-state index is 0.228. The molecule has 1 aromatic carbocycles. The molecule has 0 saturated carbocycles. The number of benzene rings is 1. The van der Waals surface area contributed by atoms with Crippen LogP contribution in [0.3, 0.4) is 0 Å². The van der Waals surface area contributed by atoms with E-state index in [4.69, 9.17) is 16.3 Å². The molecule has 0 aromatic heterocycles. The number of nitroso groups, excluding NO2 is 1. The first-order chi connectivity index (χ1) is 7.67. The normalized spacial score (nSPS) is 11.9. The fraction of sp³-hybridized carbons (Fsp3) is 0.300. The van der Waals surface area contributed by atoms with Crippen molar-refractivity contribution in [1.29, 1.82) is 0 Å². The summed E-state index contributed by atoms with van der Waals surface area (Å²) in [6.45, 7) is 1.90. The van der Waals surface area contributed by atoms with Gasteiger partial charge in [0.2, 0.25) is 5.37 Å². The summed E-state index contributed by atoms with van der Waals surface area (Å²) in [7, 11) is 0. The van der Waals surface area contributed by atoms with E-state index in [-0.39, 0.29) is 6.61 Å². The third-order valence-electron chi connectivity index (χ3n) is 1.65. The summed E-state index contributed by atoms with van der Waals surface area (Å²) in [5, 5.41) is 2.25. The van der Waals surface area contributed by atoms with Crippen molar-refractivity contribution in [3.05, 3.63) is 34.2 Å². The Balaban J connectivity index is 2.66. The number of halogens is 1. The molecule has 16 heavy (non-hydrogen) atoms. The third-order valence-corrected chi connectivity index (χ3v) is 2.94. The number of nitrogens with zero attached hydrogens (tertiary/aromatic N) is 1. The summed E-state index contributed by atoms with van der Waals surface area (Å²) in [6, 6.07) is 6.78. The highest BCUT2D eigenvalue weighted by atomic mass is 35.5. The summed E-state index contributed by atoms with van der Waals surface area (Å²) < 4.78 is 4.71. The van der Waals surface area contributed by atoms with E-state index < -0.39 is 11.3 Å². The van der Waals surface area contributed by atoms with Gasteiger partial charge in [-0.05, 0) is 36.4 Å². The zero-order chi connectivity index (χ0) is 12.0. The van der Waals surface area contributed by atoms with Gasteiger partial charge in [0.05, 0.1) is 6.61 Å². The average molecular weight is 260 g/mol. The standard InChI is InChI=1S/C10H10ClNO3S/c1-2-15-10(13)9(12-14)16-8-5-3-7(11)4-6-8/h3-6,9H,2H2,1H3. The van der Waals surface area contributed by atoms with Gasteiger partial charge in [0.1, 0.15) is 0 Å². The van der Waals surface area contributed by atoms with Crippen molar-refractivity contribution < 1.29 is 9.53 Å². The monoisotopic (exact) mass is 259 g/mol. The Hall–Kier alpha value is -1.07. The Morgan fingerprint density at radius 2 is 2.12 bits per heavy atom. The molecule has 86 valence electrons. The van der Waals surface area contributed by atoms with Crippen LogP contribution in [0, 0.1) is 4.91 Å². The van der Waals surface area contributed by atoms with E-state index in [2.05, 4.69) is 5.18 Å². The maximum atomic E-state index is 11.3. The molecule has 1 unspecified atom stereocenters. The molecule has 0 spiro atoms. The summed E-state index contributed by atoms with van der Waals surface area (Å²) in [4.78, 5) is 22.5. The molecule has 0 saturated heterocycles. The van der Waals surface area contributed by atoms with Crippen molar-refractivity contribution in [3.8, 4) is 0 Å². The lowest BCUT2D eigenvalue weighted by Gasteiger charge is -2.07. The van der Waals surface area contributed by atoms with E-state index in [9.17, 15) is 9.70 Å². The lowest BCUT2D eigenvalue weighted by molar-refractivity contribution is -0.142. The molecule has 1 rings (SSSR count). The Kier molecular flexibility index (Phi) is 5.28. The van der Waals surface area contributed by atoms with Crippen LogP contribution in [0.5, 0.6) is 0 Å². The number of carbonyl (C=O) groups excluding carboxylic acids is 1. The van der Waals surface area contributed by atoms with Gasteiger partial charge in [0, 0.05) is 9.92 Å². The van der Waals surface area contributed by atoms with Gasteiger partial charge < -0.3 is 4.74 Å². The topological polar surface area (TPSA) is 55.7 Å². The minimum atomic E-state index is -1.07. The van der Waals surface area contributed by atoms with Crippen LogP contribution in [-0.4, -0.2) is 18.0 Å². The molecule has 4 nitrogen and oxygen atoms in total. The lowest BCUT2D eigenvalue weighted by Crippen LogP contribution is -2.17. The van der Waals surface area contributed by atoms with Crippen LogP contribution in [0.25, 0.3) is 0 Å². The molecular weight excluding hydrogens is 250 g/mol. The number of esters is 1. The number of thioether (sulfide) groups is 1. The summed E-state index contributed by atoms with van der Waals surface area (Å²) >= 11 is 6.74. The fourth-order valence-corrected chi connectivity index (χ4v) is 1.85. The molecule has 1 aromatic rings. The molecule has 0 radical (unpaired) electrons. The predicted octanol–water partition coefficient (Wildman–Crippen LogP) is 3.09. The van der Waals surface area contributed by atoms with Gasteiger partial charge in [0.15, 0.2) is 0 Å². The molecule has 0 N–H and O–H groups in total. The average Bonchev–Trinajstić information content (AvgIpc) is 2.28. The Labute approximate surface area is 102 Å². The molecule has 0 aliphatic carbocycles. The van der Waals surface area contributed by atoms with Crippen molar-refractivity contribution in [3.63, 3.8) is 0 Å². The molecular formula is C10H10ClNO3S. The van der Waals surface area contributed by atoms with Gasteiger partial charge in [-0.2, -0.15) is 0 Å². The molecule has 0 fully saturated rings. The number of rotatable bonds is 5. The van der Waals surface area contributed by atoms with Crippen LogP contribution < -0.4 is 0 Å². The summed E-state index contributed by atoms with van der Waals surface area (Å²) in [5.41, 5.74) is 0. The van der Waals surface area contributed by atoms with Gasteiger partial charge in [-0.15, -0.1) is 4.91 Å². The van der Waals surface area contributed by atoms with Crippen molar-refractivity contribution >= 4 is 29.3 Å². The van der Waals surface area contributed by atoms with Crippen molar-refractivity contribution in [1.82, 2.24) is 0 Å². The van der Waals surface area contributed by atoms with Gasteiger partial charge in [-0.1, -0.05) is 23.4 Å². The molecule has 0 heterocycles. The first kappa shape index (κ1) is 13.0. The number of carbonyl (C=O) groups is 1. The molecule has 0 amide bonds. The van der Waals surface area contributed by atoms with Crippen molar-refractivity contribution in [2.24, 2.45) is 5.18 Å². The van der Waals surface area contributed by atoms with Crippen LogP contribution in [0.1, 0.15) is 6.92 Å². The smallest absolute Gasteiger partial charge is 0.345 e. The first-order valence-corrected chi connectivity index (χ1v) is 5.84. The summed E-state index contributed by atoms with van der Waals surface area (Å²) in [6.07, 6.45) is 0. The number of hydrogen-bond acceptors (Lipinski definition) is 5. The second-order valence-corrected chi connectivity index (χ2v) is 4.37. The predicted molar refractivity (Wildman–Crippen MR) is 63.5 cm³/mol. The highest BCUT2D eigenvalue weighted by molar-refractivity contribution is 8.00. The van der Waals surface area contributed by atoms with E-state index in [1.165, 1.54) is 0 Å². The molecule has 0 aliphatic heterocycles. The Morgan fingerprint density at radius 1 is 1.50 bits per heavy atom. The van der Waals surface area contributed by atoms with E-state index in [1.807, 2.05) is 0 Å². The lowest BCUT2D eigenvalue weighted by atomic mass is 10.4. The highest BCUT2D eigenvalue weighted by Crippen LogP contribution is 2.26. The minimum Gasteiger partial charge on any atom is -0.464 e. The maximum Gasteiger partial charge on any atom is 0.345 e. The zero-order valence-electron chi connectivity index (χ0n) is 8.55. The second-order valence-electron chi connectivity index (χ2n) is 2.78. The first-order valence-electron chi connectivity index (χ1n) is 4.58. The maximum absolute atomic E-state index is 11.3. The van der Waals surface area contributed by atoms with E-state index >= 15 is 0 Å². The van der Waals surface area contributed by atoms with Crippen LogP contribution in [0.15, 0.2) is 34.3 Å². The number of ether oxygens (including phenoxy) is 1. The van der Waals surface area contributed by atoms with Crippen LogP contribution >= 0.6 is 23.4 Å². The Morgan fingerprint density at radius 3 is 2.62 bits per heavy atom. The van der Waals surface area contributed by atoms with E-state index in [1.54, 1.807) is 31.2 Å². The number of hydrogen-bond donors (Lipinski definition) is 0. The molecule has 1 atom stereocenters. The van der Waals surface area contributed by atoms with Crippen LogP contribution in [-0.2, 0) is 9.53 Å². The fourth-order valence-electron chi connectivity index (χ4n) is 0.968. The van der Waals surface area contributed by atoms with Gasteiger partial charge in [-0.3, -0.25) is 0 Å². The third kappa shape index (κ3) is 3.83. The van der Waals surface area contributed by atoms with Crippen LogP contribution in [0.4, 0.5) is 0 Å². The quantitative estimate of drug-likeness (QED) is 0.463. The second kappa shape index (κ2) is 6.50. The largest absolute Gasteiger partial charge is 0.464 e.